The van der Waals surface area contributed by atoms with Crippen molar-refractivity contribution in [2.75, 3.05) is 0 Å². The Bertz CT molecular complexity index is 558. The summed E-state index contributed by atoms with van der Waals surface area (Å²) < 4.78 is 3.90. The molecule has 0 N–H and O–H groups in total. The van der Waals surface area contributed by atoms with Crippen LogP contribution in [0, 0.1) is 0 Å². The fraction of sp³-hybridized carbons (Fsp3) is 0.400. The number of ketones is 1. The van der Waals surface area contributed by atoms with Crippen molar-refractivity contribution in [2.24, 2.45) is 0 Å². The van der Waals surface area contributed by atoms with Crippen LogP contribution >= 0.6 is 11.5 Å². The first-order chi connectivity index (χ1) is 9.11. The summed E-state index contributed by atoms with van der Waals surface area (Å²) in [5, 5.41) is 4.05. The molecular weight excluding hydrogens is 256 g/mol. The van der Waals surface area contributed by atoms with E-state index in [1.54, 1.807) is 0 Å². The lowest BCUT2D eigenvalue weighted by molar-refractivity contribution is 0.0995. The number of Topliss-reactive ketones (excluding diaryl/α,β-unsaturated/α-hetero) is 1. The van der Waals surface area contributed by atoms with E-state index in [9.17, 15) is 4.79 Å². The highest BCUT2D eigenvalue weighted by Gasteiger charge is 2.18. The van der Waals surface area contributed by atoms with Gasteiger partial charge < -0.3 is 0 Å². The molecule has 0 aliphatic heterocycles. The van der Waals surface area contributed by atoms with Crippen LogP contribution in [0.25, 0.3) is 0 Å². The molecule has 4 heteroatoms. The number of nitrogens with zero attached hydrogens (tertiary/aromatic N) is 2. The minimum absolute atomic E-state index is 0.114. The van der Waals surface area contributed by atoms with Crippen LogP contribution in [-0.4, -0.2) is 15.4 Å². The van der Waals surface area contributed by atoms with Gasteiger partial charge in [-0.3, -0.25) is 4.79 Å². The zero-order chi connectivity index (χ0) is 13.8. The van der Waals surface area contributed by atoms with Crippen molar-refractivity contribution in [3.63, 3.8) is 0 Å². The van der Waals surface area contributed by atoms with Crippen LogP contribution in [0.5, 0.6) is 0 Å². The third-order valence-electron chi connectivity index (χ3n) is 3.11. The molecule has 2 rings (SSSR count). The maximum absolute atomic E-state index is 12.3. The Labute approximate surface area is 117 Å². The number of aryl methyl sites for hydroxylation is 1. The normalized spacial score (nSPS) is 10.9. The lowest BCUT2D eigenvalue weighted by Crippen LogP contribution is -2.06. The molecule has 100 valence electrons. The fourth-order valence-electron chi connectivity index (χ4n) is 1.93. The Morgan fingerprint density at radius 3 is 2.42 bits per heavy atom. The number of benzene rings is 1. The van der Waals surface area contributed by atoms with Crippen molar-refractivity contribution < 1.29 is 4.79 Å². The predicted molar refractivity (Wildman–Crippen MR) is 77.9 cm³/mol. The standard InChI is InChI=1S/C15H18N2OS/c1-4-11-5-7-12(8-6-11)9-13(18)15-14(10(2)3)16-17-19-15/h5-8,10H,4,9H2,1-3H3. The van der Waals surface area contributed by atoms with Crippen LogP contribution in [0.1, 0.15) is 53.2 Å². The largest absolute Gasteiger partial charge is 0.293 e. The SMILES string of the molecule is CCc1ccc(CC(=O)c2snnc2C(C)C)cc1. The monoisotopic (exact) mass is 274 g/mol. The lowest BCUT2D eigenvalue weighted by atomic mass is 10.0. The van der Waals surface area contributed by atoms with Crippen LogP contribution in [0.2, 0.25) is 0 Å². The van der Waals surface area contributed by atoms with Crippen LogP contribution in [-0.2, 0) is 12.8 Å². The third-order valence-corrected chi connectivity index (χ3v) is 3.89. The van der Waals surface area contributed by atoms with E-state index in [0.29, 0.717) is 11.3 Å². The van der Waals surface area contributed by atoms with Gasteiger partial charge in [0.05, 0.1) is 5.69 Å². The summed E-state index contributed by atoms with van der Waals surface area (Å²) in [7, 11) is 0. The van der Waals surface area contributed by atoms with Crippen LogP contribution < -0.4 is 0 Å². The van der Waals surface area contributed by atoms with E-state index in [4.69, 9.17) is 0 Å². The number of hydrogen-bond donors (Lipinski definition) is 0. The highest BCUT2D eigenvalue weighted by atomic mass is 32.1. The first-order valence-electron chi connectivity index (χ1n) is 6.55. The summed E-state index contributed by atoms with van der Waals surface area (Å²) in [5.74, 6) is 0.350. The van der Waals surface area contributed by atoms with Crippen molar-refractivity contribution in [2.45, 2.75) is 39.5 Å². The van der Waals surface area contributed by atoms with Gasteiger partial charge in [-0.2, -0.15) is 0 Å². The topological polar surface area (TPSA) is 42.9 Å². The highest BCUT2D eigenvalue weighted by Crippen LogP contribution is 2.21. The molecule has 0 radical (unpaired) electrons. The summed E-state index contributed by atoms with van der Waals surface area (Å²) >= 11 is 1.20. The molecule has 0 amide bonds. The molecule has 1 heterocycles. The molecule has 3 nitrogen and oxygen atoms in total. The smallest absolute Gasteiger partial charge is 0.180 e. The Morgan fingerprint density at radius 1 is 1.21 bits per heavy atom. The van der Waals surface area contributed by atoms with Crippen molar-refractivity contribution >= 4 is 17.3 Å². The van der Waals surface area contributed by atoms with Crippen molar-refractivity contribution in [3.05, 3.63) is 46.0 Å². The van der Waals surface area contributed by atoms with Gasteiger partial charge in [0.25, 0.3) is 0 Å². The van der Waals surface area contributed by atoms with Crippen LogP contribution in [0.4, 0.5) is 0 Å². The van der Waals surface area contributed by atoms with Gasteiger partial charge in [0.15, 0.2) is 5.78 Å². The van der Waals surface area contributed by atoms with Crippen molar-refractivity contribution in [3.8, 4) is 0 Å². The summed E-state index contributed by atoms with van der Waals surface area (Å²) in [6.07, 6.45) is 1.44. The molecular formula is C15H18N2OS. The van der Waals surface area contributed by atoms with Gasteiger partial charge in [-0.15, -0.1) is 5.10 Å². The Morgan fingerprint density at radius 2 is 1.84 bits per heavy atom. The molecule has 0 saturated carbocycles. The van der Waals surface area contributed by atoms with E-state index in [2.05, 4.69) is 28.6 Å². The zero-order valence-corrected chi connectivity index (χ0v) is 12.3. The van der Waals surface area contributed by atoms with Gasteiger partial charge in [-0.05, 0) is 35.0 Å². The van der Waals surface area contributed by atoms with E-state index < -0.39 is 0 Å². The zero-order valence-electron chi connectivity index (χ0n) is 11.5. The first kappa shape index (κ1) is 13.9. The van der Waals surface area contributed by atoms with E-state index in [1.807, 2.05) is 26.0 Å². The first-order valence-corrected chi connectivity index (χ1v) is 7.32. The Balaban J connectivity index is 2.13. The molecule has 0 spiro atoms. The Hall–Kier alpha value is -1.55. The van der Waals surface area contributed by atoms with Gasteiger partial charge >= 0.3 is 0 Å². The lowest BCUT2D eigenvalue weighted by Gasteiger charge is -2.04. The second-order valence-corrected chi connectivity index (χ2v) is 5.67. The number of carbonyl (C=O) groups is 1. The summed E-state index contributed by atoms with van der Waals surface area (Å²) in [5.41, 5.74) is 3.16. The van der Waals surface area contributed by atoms with E-state index >= 15 is 0 Å². The number of carbonyl (C=O) groups excluding carboxylic acids is 1. The van der Waals surface area contributed by atoms with Gasteiger partial charge in [-0.25, -0.2) is 0 Å². The van der Waals surface area contributed by atoms with Crippen molar-refractivity contribution in [1.82, 2.24) is 9.59 Å². The van der Waals surface area contributed by atoms with Crippen LogP contribution in [0.15, 0.2) is 24.3 Å². The molecule has 0 aliphatic rings. The molecule has 1 aromatic heterocycles. The second-order valence-electron chi connectivity index (χ2n) is 4.91. The molecule has 0 atom stereocenters. The quantitative estimate of drug-likeness (QED) is 0.782. The number of aromatic nitrogens is 2. The molecule has 0 unspecified atom stereocenters. The average Bonchev–Trinajstić information content (AvgIpc) is 2.89. The highest BCUT2D eigenvalue weighted by molar-refractivity contribution is 7.08. The number of rotatable bonds is 5. The van der Waals surface area contributed by atoms with E-state index in [0.717, 1.165) is 17.7 Å². The molecule has 0 saturated heterocycles. The maximum Gasteiger partial charge on any atom is 0.180 e. The summed E-state index contributed by atoms with van der Waals surface area (Å²) in [6.45, 7) is 6.19. The maximum atomic E-state index is 12.3. The molecule has 0 aliphatic carbocycles. The van der Waals surface area contributed by atoms with Crippen molar-refractivity contribution in [1.29, 1.82) is 0 Å². The van der Waals surface area contributed by atoms with Gasteiger partial charge in [-0.1, -0.05) is 49.5 Å². The minimum atomic E-state index is 0.114. The molecule has 2 aromatic rings. The summed E-state index contributed by atoms with van der Waals surface area (Å²) in [4.78, 5) is 13.0. The number of hydrogen-bond acceptors (Lipinski definition) is 4. The minimum Gasteiger partial charge on any atom is -0.293 e. The molecule has 0 bridgehead atoms. The predicted octanol–water partition coefficient (Wildman–Crippen LogP) is 3.65. The molecule has 0 fully saturated rings. The second kappa shape index (κ2) is 6.06. The fourth-order valence-corrected chi connectivity index (χ4v) is 2.68. The van der Waals surface area contributed by atoms with Gasteiger partial charge in [0, 0.05) is 6.42 Å². The molecule has 19 heavy (non-hydrogen) atoms. The van der Waals surface area contributed by atoms with E-state index in [1.165, 1.54) is 17.1 Å². The van der Waals surface area contributed by atoms with Crippen LogP contribution in [0.3, 0.4) is 0 Å². The third kappa shape index (κ3) is 3.26. The molecule has 1 aromatic carbocycles. The van der Waals surface area contributed by atoms with Gasteiger partial charge in [0.1, 0.15) is 4.88 Å². The summed E-state index contributed by atoms with van der Waals surface area (Å²) in [6, 6.07) is 8.22. The Kier molecular flexibility index (Phi) is 4.43. The average molecular weight is 274 g/mol. The van der Waals surface area contributed by atoms with E-state index in [-0.39, 0.29) is 11.7 Å². The van der Waals surface area contributed by atoms with Gasteiger partial charge in [0.2, 0.25) is 0 Å².